The summed E-state index contributed by atoms with van der Waals surface area (Å²) >= 11 is 0. The molecule has 0 spiro atoms. The van der Waals surface area contributed by atoms with Crippen molar-refractivity contribution in [2.45, 2.75) is 39.2 Å². The highest BCUT2D eigenvalue weighted by molar-refractivity contribution is 5.96. The van der Waals surface area contributed by atoms with Crippen LogP contribution in [0.4, 0.5) is 0 Å². The summed E-state index contributed by atoms with van der Waals surface area (Å²) in [5.41, 5.74) is 4.39. The standard InChI is InChI=1S/C17H19N3O3/c1-10-6-8-12(9-7-10)20-14-5-3-4-13(14)15(19-20)16(21)18-11(2)17(22)23/h6-9,11H,3-5H2,1-2H3,(H,18,21)(H,22,23)/t11-/m1/s1. The third-order valence-corrected chi connectivity index (χ3v) is 4.14. The molecule has 1 aliphatic carbocycles. The van der Waals surface area contributed by atoms with E-state index in [-0.39, 0.29) is 0 Å². The first-order valence-electron chi connectivity index (χ1n) is 7.69. The Morgan fingerprint density at radius 1 is 1.26 bits per heavy atom. The minimum absolute atomic E-state index is 0.339. The second-order valence-electron chi connectivity index (χ2n) is 5.91. The lowest BCUT2D eigenvalue weighted by atomic mass is 10.2. The molecule has 0 radical (unpaired) electrons. The highest BCUT2D eigenvalue weighted by Crippen LogP contribution is 2.28. The number of carboxylic acid groups (broad SMARTS) is 1. The van der Waals surface area contributed by atoms with Crippen LogP contribution in [0.2, 0.25) is 0 Å². The molecule has 0 unspecified atom stereocenters. The molecule has 1 amide bonds. The van der Waals surface area contributed by atoms with Crippen LogP contribution in [0.5, 0.6) is 0 Å². The number of hydrogen-bond donors (Lipinski definition) is 2. The van der Waals surface area contributed by atoms with Crippen LogP contribution in [0.1, 0.15) is 40.7 Å². The molecule has 0 aliphatic heterocycles. The maximum absolute atomic E-state index is 12.4. The summed E-state index contributed by atoms with van der Waals surface area (Å²) in [6.07, 6.45) is 2.65. The fourth-order valence-corrected chi connectivity index (χ4v) is 2.85. The highest BCUT2D eigenvalue weighted by Gasteiger charge is 2.28. The first kappa shape index (κ1) is 15.3. The van der Waals surface area contributed by atoms with E-state index in [4.69, 9.17) is 5.11 Å². The second kappa shape index (κ2) is 5.87. The van der Waals surface area contributed by atoms with Crippen LogP contribution < -0.4 is 5.32 Å². The average molecular weight is 313 g/mol. The predicted molar refractivity (Wildman–Crippen MR) is 84.9 cm³/mol. The summed E-state index contributed by atoms with van der Waals surface area (Å²) in [5, 5.41) is 15.9. The SMILES string of the molecule is Cc1ccc(-n2nc(C(=O)N[C@H](C)C(=O)O)c3c2CCC3)cc1. The van der Waals surface area contributed by atoms with Crippen molar-refractivity contribution in [1.82, 2.24) is 15.1 Å². The smallest absolute Gasteiger partial charge is 0.325 e. The molecular weight excluding hydrogens is 294 g/mol. The van der Waals surface area contributed by atoms with Gasteiger partial charge in [-0.2, -0.15) is 5.10 Å². The summed E-state index contributed by atoms with van der Waals surface area (Å²) in [6, 6.07) is 7.02. The highest BCUT2D eigenvalue weighted by atomic mass is 16.4. The third-order valence-electron chi connectivity index (χ3n) is 4.14. The number of nitrogens with one attached hydrogen (secondary N) is 1. The van der Waals surface area contributed by atoms with Gasteiger partial charge in [-0.05, 0) is 45.2 Å². The van der Waals surface area contributed by atoms with Gasteiger partial charge in [0, 0.05) is 11.3 Å². The Morgan fingerprint density at radius 3 is 2.61 bits per heavy atom. The fourth-order valence-electron chi connectivity index (χ4n) is 2.85. The quantitative estimate of drug-likeness (QED) is 0.902. The predicted octanol–water partition coefficient (Wildman–Crippen LogP) is 1.87. The number of rotatable bonds is 4. The largest absolute Gasteiger partial charge is 0.480 e. The van der Waals surface area contributed by atoms with Crippen molar-refractivity contribution in [3.8, 4) is 5.69 Å². The normalized spacial score (nSPS) is 14.3. The van der Waals surface area contributed by atoms with Gasteiger partial charge in [-0.15, -0.1) is 0 Å². The number of carboxylic acids is 1. The van der Waals surface area contributed by atoms with Crippen LogP contribution in [-0.4, -0.2) is 32.8 Å². The van der Waals surface area contributed by atoms with Gasteiger partial charge in [0.25, 0.3) is 5.91 Å². The molecule has 2 aromatic rings. The zero-order chi connectivity index (χ0) is 16.6. The molecule has 0 saturated carbocycles. The van der Waals surface area contributed by atoms with Crippen LogP contribution in [0.25, 0.3) is 5.69 Å². The van der Waals surface area contributed by atoms with Gasteiger partial charge in [-0.1, -0.05) is 17.7 Å². The average Bonchev–Trinajstić information content (AvgIpc) is 3.10. The minimum atomic E-state index is -1.06. The molecule has 6 nitrogen and oxygen atoms in total. The molecule has 23 heavy (non-hydrogen) atoms. The van der Waals surface area contributed by atoms with Crippen LogP contribution >= 0.6 is 0 Å². The van der Waals surface area contributed by atoms with Crippen molar-refractivity contribution in [3.63, 3.8) is 0 Å². The summed E-state index contributed by atoms with van der Waals surface area (Å²) < 4.78 is 1.81. The van der Waals surface area contributed by atoms with E-state index in [0.29, 0.717) is 5.69 Å². The van der Waals surface area contributed by atoms with Crippen molar-refractivity contribution in [3.05, 3.63) is 46.8 Å². The Hall–Kier alpha value is -2.63. The van der Waals surface area contributed by atoms with E-state index >= 15 is 0 Å². The van der Waals surface area contributed by atoms with Gasteiger partial charge >= 0.3 is 5.97 Å². The zero-order valence-electron chi connectivity index (χ0n) is 13.2. The van der Waals surface area contributed by atoms with Crippen LogP contribution in [-0.2, 0) is 17.6 Å². The molecule has 1 aromatic heterocycles. The number of aryl methyl sites for hydroxylation is 1. The van der Waals surface area contributed by atoms with Gasteiger partial charge in [0.1, 0.15) is 6.04 Å². The summed E-state index contributed by atoms with van der Waals surface area (Å²) in [4.78, 5) is 23.3. The van der Waals surface area contributed by atoms with Gasteiger partial charge in [0.05, 0.1) is 5.69 Å². The van der Waals surface area contributed by atoms with Gasteiger partial charge in [-0.25, -0.2) is 4.68 Å². The topological polar surface area (TPSA) is 84.2 Å². The van der Waals surface area contributed by atoms with E-state index in [2.05, 4.69) is 10.4 Å². The number of aliphatic carboxylic acids is 1. The fraction of sp³-hybridized carbons (Fsp3) is 0.353. The van der Waals surface area contributed by atoms with Crippen molar-refractivity contribution in [2.75, 3.05) is 0 Å². The van der Waals surface area contributed by atoms with Gasteiger partial charge in [0.2, 0.25) is 0 Å². The number of carbonyl (C=O) groups is 2. The Labute approximate surface area is 134 Å². The number of hydrogen-bond acceptors (Lipinski definition) is 3. The number of carbonyl (C=O) groups excluding carboxylic acids is 1. The lowest BCUT2D eigenvalue weighted by Gasteiger charge is -2.08. The number of aromatic nitrogens is 2. The summed E-state index contributed by atoms with van der Waals surface area (Å²) in [5.74, 6) is -1.49. The van der Waals surface area contributed by atoms with Crippen molar-refractivity contribution >= 4 is 11.9 Å². The molecule has 3 rings (SSSR count). The maximum Gasteiger partial charge on any atom is 0.325 e. The zero-order valence-corrected chi connectivity index (χ0v) is 13.2. The second-order valence-corrected chi connectivity index (χ2v) is 5.91. The first-order valence-corrected chi connectivity index (χ1v) is 7.69. The number of amides is 1. The molecule has 0 fully saturated rings. The van der Waals surface area contributed by atoms with E-state index in [1.165, 1.54) is 6.92 Å². The summed E-state index contributed by atoms with van der Waals surface area (Å²) in [6.45, 7) is 3.46. The van der Waals surface area contributed by atoms with Crippen molar-refractivity contribution in [2.24, 2.45) is 0 Å². The molecule has 0 bridgehead atoms. The molecule has 1 heterocycles. The van der Waals surface area contributed by atoms with E-state index in [9.17, 15) is 9.59 Å². The number of fused-ring (bicyclic) bond motifs is 1. The number of nitrogens with zero attached hydrogens (tertiary/aromatic N) is 2. The molecule has 1 aliphatic rings. The van der Waals surface area contributed by atoms with Gasteiger partial charge in [0.15, 0.2) is 5.69 Å². The molecule has 1 atom stereocenters. The van der Waals surface area contributed by atoms with E-state index in [0.717, 1.165) is 41.8 Å². The third kappa shape index (κ3) is 2.84. The minimum Gasteiger partial charge on any atom is -0.480 e. The van der Waals surface area contributed by atoms with Gasteiger partial charge in [-0.3, -0.25) is 9.59 Å². The van der Waals surface area contributed by atoms with Crippen LogP contribution in [0.3, 0.4) is 0 Å². The molecule has 0 saturated heterocycles. The van der Waals surface area contributed by atoms with Crippen LogP contribution in [0.15, 0.2) is 24.3 Å². The Bertz CT molecular complexity index is 762. The molecule has 6 heteroatoms. The Morgan fingerprint density at radius 2 is 1.96 bits per heavy atom. The lowest BCUT2D eigenvalue weighted by molar-refractivity contribution is -0.138. The molecule has 1 aromatic carbocycles. The summed E-state index contributed by atoms with van der Waals surface area (Å²) in [7, 11) is 0. The monoisotopic (exact) mass is 313 g/mol. The molecule has 120 valence electrons. The van der Waals surface area contributed by atoms with E-state index in [1.54, 1.807) is 0 Å². The Kier molecular flexibility index (Phi) is 3.90. The van der Waals surface area contributed by atoms with E-state index < -0.39 is 17.9 Å². The van der Waals surface area contributed by atoms with Crippen molar-refractivity contribution in [1.29, 1.82) is 0 Å². The van der Waals surface area contributed by atoms with Gasteiger partial charge < -0.3 is 10.4 Å². The number of benzene rings is 1. The maximum atomic E-state index is 12.4. The molecular formula is C17H19N3O3. The van der Waals surface area contributed by atoms with Crippen LogP contribution in [0, 0.1) is 6.92 Å². The lowest BCUT2D eigenvalue weighted by Crippen LogP contribution is -2.38. The Balaban J connectivity index is 1.97. The molecule has 2 N–H and O–H groups in total. The van der Waals surface area contributed by atoms with E-state index in [1.807, 2.05) is 35.9 Å². The van der Waals surface area contributed by atoms with Crippen molar-refractivity contribution < 1.29 is 14.7 Å². The first-order chi connectivity index (χ1) is 11.0.